The van der Waals surface area contributed by atoms with Crippen molar-refractivity contribution < 1.29 is 13.3 Å². The van der Waals surface area contributed by atoms with Gasteiger partial charge in [0.2, 0.25) is 0 Å². The van der Waals surface area contributed by atoms with Crippen LogP contribution in [0.25, 0.3) is 0 Å². The monoisotopic (exact) mass is 218 g/mol. The molecule has 1 rings (SSSR count). The lowest BCUT2D eigenvalue weighted by atomic mass is 10.3. The van der Waals surface area contributed by atoms with Crippen LogP contribution in [0.5, 0.6) is 0 Å². The van der Waals surface area contributed by atoms with Gasteiger partial charge in [-0.15, -0.1) is 8.42 Å². The summed E-state index contributed by atoms with van der Waals surface area (Å²) >= 11 is 0. The van der Waals surface area contributed by atoms with Crippen LogP contribution in [0.3, 0.4) is 0 Å². The van der Waals surface area contributed by atoms with Gasteiger partial charge in [-0.2, -0.15) is 0 Å². The quantitative estimate of drug-likeness (QED) is 0.418. The van der Waals surface area contributed by atoms with Gasteiger partial charge in [-0.25, -0.2) is 0 Å². The molecule has 0 atom stereocenters. The standard InChI is InChI=1S/C6H4NO4S2/c8-7(9)5-3-1-2-4-6(5)12-13(10)11/h1-4H/q+1. The molecule has 0 N–H and O–H groups in total. The third-order valence-electron chi connectivity index (χ3n) is 1.22. The van der Waals surface area contributed by atoms with E-state index in [1.807, 2.05) is 0 Å². The number of hydrogen-bond donors (Lipinski definition) is 0. The Hall–Kier alpha value is -1.34. The van der Waals surface area contributed by atoms with Gasteiger partial charge in [0, 0.05) is 12.1 Å². The number of para-hydroxylation sites is 1. The molecule has 0 saturated heterocycles. The highest BCUT2D eigenvalue weighted by Crippen LogP contribution is 2.17. The third kappa shape index (κ3) is 2.56. The molecule has 0 bridgehead atoms. The van der Waals surface area contributed by atoms with Gasteiger partial charge in [0.05, 0.1) is 4.92 Å². The molecule has 0 aromatic heterocycles. The topological polar surface area (TPSA) is 77.3 Å². The fourth-order valence-corrected chi connectivity index (χ4v) is 2.12. The minimum atomic E-state index is -2.38. The molecular formula is C6H4NO4S2+. The second kappa shape index (κ2) is 4.06. The molecule has 0 amide bonds. The molecule has 0 spiro atoms. The summed E-state index contributed by atoms with van der Waals surface area (Å²) < 4.78 is 20.6. The molecule has 0 fully saturated rings. The number of nitro benzene ring substituents is 1. The van der Waals surface area contributed by atoms with Crippen LogP contribution in [0.15, 0.2) is 29.2 Å². The lowest BCUT2D eigenvalue weighted by Gasteiger charge is -1.85. The maximum absolute atomic E-state index is 10.4. The summed E-state index contributed by atoms with van der Waals surface area (Å²) in [4.78, 5) is 9.90. The number of benzene rings is 1. The van der Waals surface area contributed by atoms with Gasteiger partial charge < -0.3 is 0 Å². The maximum atomic E-state index is 10.4. The molecule has 0 aliphatic heterocycles. The average molecular weight is 218 g/mol. The van der Waals surface area contributed by atoms with E-state index in [0.717, 1.165) is 0 Å². The fraction of sp³-hybridized carbons (Fsp3) is 0. The Morgan fingerprint density at radius 2 is 1.92 bits per heavy atom. The lowest BCUT2D eigenvalue weighted by molar-refractivity contribution is -0.387. The molecule has 68 valence electrons. The Balaban J connectivity index is 3.36. The number of hydrogen-bond acceptors (Lipinski definition) is 4. The van der Waals surface area contributed by atoms with E-state index in [-0.39, 0.29) is 10.6 Å². The molecule has 0 aliphatic rings. The average Bonchev–Trinajstić information content (AvgIpc) is 2.03. The van der Waals surface area contributed by atoms with E-state index in [1.54, 1.807) is 6.07 Å². The molecule has 0 aliphatic carbocycles. The summed E-state index contributed by atoms with van der Waals surface area (Å²) in [5.41, 5.74) is -0.197. The van der Waals surface area contributed by atoms with E-state index in [4.69, 9.17) is 0 Å². The van der Waals surface area contributed by atoms with Crippen LogP contribution in [0.4, 0.5) is 5.69 Å². The molecular weight excluding hydrogens is 214 g/mol. The van der Waals surface area contributed by atoms with Crippen LogP contribution in [0.2, 0.25) is 0 Å². The minimum Gasteiger partial charge on any atom is -0.258 e. The summed E-state index contributed by atoms with van der Waals surface area (Å²) in [7, 11) is -1.95. The van der Waals surface area contributed by atoms with Crippen LogP contribution in [0, 0.1) is 10.1 Å². The molecule has 7 heteroatoms. The molecule has 5 nitrogen and oxygen atoms in total. The molecule has 0 heterocycles. The first-order valence-electron chi connectivity index (χ1n) is 3.12. The molecule has 0 unspecified atom stereocenters. The van der Waals surface area contributed by atoms with Gasteiger partial charge in [0.1, 0.15) is 0 Å². The van der Waals surface area contributed by atoms with Gasteiger partial charge in [-0.1, -0.05) is 12.1 Å². The molecule has 0 saturated carbocycles. The van der Waals surface area contributed by atoms with Crippen molar-refractivity contribution in [2.24, 2.45) is 0 Å². The number of nitro groups is 1. The first-order chi connectivity index (χ1) is 6.11. The molecule has 1 aromatic rings. The van der Waals surface area contributed by atoms with Crippen LogP contribution >= 0.6 is 0 Å². The number of rotatable bonds is 2. The highest BCUT2D eigenvalue weighted by atomic mass is 32.8. The van der Waals surface area contributed by atoms with Gasteiger partial charge >= 0.3 is 30.2 Å². The zero-order valence-electron chi connectivity index (χ0n) is 6.21. The van der Waals surface area contributed by atoms with Crippen LogP contribution in [0.1, 0.15) is 0 Å². The van der Waals surface area contributed by atoms with Crippen molar-refractivity contribution in [2.45, 2.75) is 4.90 Å². The van der Waals surface area contributed by atoms with Crippen molar-refractivity contribution in [3.8, 4) is 0 Å². The summed E-state index contributed by atoms with van der Waals surface area (Å²) in [6, 6.07) is 5.67. The van der Waals surface area contributed by atoms with Crippen LogP contribution < -0.4 is 0 Å². The van der Waals surface area contributed by atoms with Crippen LogP contribution in [-0.2, 0) is 19.6 Å². The predicted molar refractivity (Wildman–Crippen MR) is 47.6 cm³/mol. The minimum absolute atomic E-state index is 0.126. The second-order valence-corrected chi connectivity index (χ2v) is 4.34. The Bertz CT molecular complexity index is 457. The summed E-state index contributed by atoms with van der Waals surface area (Å²) in [5.74, 6) is 0. The van der Waals surface area contributed by atoms with E-state index in [0.29, 0.717) is 10.3 Å². The first-order valence-corrected chi connectivity index (χ1v) is 5.53. The van der Waals surface area contributed by atoms with Gasteiger partial charge in [0.15, 0.2) is 0 Å². The van der Waals surface area contributed by atoms with E-state index in [9.17, 15) is 18.5 Å². The van der Waals surface area contributed by atoms with Crippen molar-refractivity contribution in [2.75, 3.05) is 0 Å². The molecule has 0 radical (unpaired) electrons. The van der Waals surface area contributed by atoms with E-state index in [2.05, 4.69) is 0 Å². The smallest absolute Gasteiger partial charge is 0.258 e. The van der Waals surface area contributed by atoms with Crippen molar-refractivity contribution in [3.05, 3.63) is 34.4 Å². The second-order valence-electron chi connectivity index (χ2n) is 2.01. The van der Waals surface area contributed by atoms with Crippen molar-refractivity contribution in [1.29, 1.82) is 0 Å². The maximum Gasteiger partial charge on any atom is 0.478 e. The largest absolute Gasteiger partial charge is 0.478 e. The third-order valence-corrected chi connectivity index (χ3v) is 2.83. The van der Waals surface area contributed by atoms with E-state index >= 15 is 0 Å². The highest BCUT2D eigenvalue weighted by molar-refractivity contribution is 8.24. The van der Waals surface area contributed by atoms with Gasteiger partial charge in [-0.3, -0.25) is 10.1 Å². The summed E-state index contributed by atoms with van der Waals surface area (Å²) in [6.07, 6.45) is 0. The van der Waals surface area contributed by atoms with Crippen molar-refractivity contribution in [1.82, 2.24) is 0 Å². The van der Waals surface area contributed by atoms with Gasteiger partial charge in [-0.05, 0) is 0 Å². The Kier molecular flexibility index (Phi) is 3.04. The lowest BCUT2D eigenvalue weighted by Crippen LogP contribution is -1.90. The van der Waals surface area contributed by atoms with Crippen LogP contribution in [-0.4, -0.2) is 13.3 Å². The van der Waals surface area contributed by atoms with Gasteiger partial charge in [0.25, 0.3) is 0 Å². The number of nitrogens with zero attached hydrogens (tertiary/aromatic N) is 1. The zero-order valence-corrected chi connectivity index (χ0v) is 7.84. The first kappa shape index (κ1) is 9.75. The fourth-order valence-electron chi connectivity index (χ4n) is 0.752. The Morgan fingerprint density at radius 3 is 2.46 bits per heavy atom. The zero-order chi connectivity index (χ0) is 9.84. The SMILES string of the molecule is O=[N+]([O-])c1ccccc1[S+]=S(=O)=O. The predicted octanol–water partition coefficient (Wildman–Crippen LogP) is 0.830. The van der Waals surface area contributed by atoms with Crippen molar-refractivity contribution >= 4 is 25.3 Å². The summed E-state index contributed by atoms with van der Waals surface area (Å²) in [5, 5.41) is 10.4. The molecule has 1 aromatic carbocycles. The summed E-state index contributed by atoms with van der Waals surface area (Å²) in [6.45, 7) is 0. The molecule has 13 heavy (non-hydrogen) atoms. The highest BCUT2D eigenvalue weighted by Gasteiger charge is 2.21. The normalized spacial score (nSPS) is 9.23. The van der Waals surface area contributed by atoms with E-state index < -0.39 is 14.2 Å². The van der Waals surface area contributed by atoms with Crippen molar-refractivity contribution in [3.63, 3.8) is 0 Å². The van der Waals surface area contributed by atoms with E-state index in [1.165, 1.54) is 18.2 Å². The Labute approximate surface area is 78.3 Å². The Morgan fingerprint density at radius 1 is 1.31 bits per heavy atom.